The van der Waals surface area contributed by atoms with E-state index in [4.69, 9.17) is 4.74 Å². The Hall–Kier alpha value is -3.01. The molecule has 1 aromatic heterocycles. The molecule has 0 spiro atoms. The maximum atomic E-state index is 13.3. The van der Waals surface area contributed by atoms with Crippen molar-refractivity contribution in [3.8, 4) is 6.07 Å². The Balaban J connectivity index is 1.88. The number of aryl methyl sites for hydroxylation is 1. The predicted octanol–water partition coefficient (Wildman–Crippen LogP) is 3.13. The second kappa shape index (κ2) is 8.16. The number of aromatic nitrogens is 1. The molecule has 2 aromatic rings. The molecule has 7 nitrogen and oxygen atoms in total. The lowest BCUT2D eigenvalue weighted by Crippen LogP contribution is -2.51. The highest BCUT2D eigenvalue weighted by molar-refractivity contribution is 5.89. The van der Waals surface area contributed by atoms with Gasteiger partial charge in [-0.25, -0.2) is 4.79 Å². The Morgan fingerprint density at radius 3 is 2.76 bits per heavy atom. The molecule has 3 rings (SSSR count). The van der Waals surface area contributed by atoms with Gasteiger partial charge in [0.05, 0.1) is 6.07 Å². The SMILES string of the molecule is Cn1cc(CC(NC(=O)OC(C)(C)C)C(=O)N2CCCC2C#N)c2ccccc21. The van der Waals surface area contributed by atoms with Crippen molar-refractivity contribution in [3.05, 3.63) is 36.0 Å². The quantitative estimate of drug-likeness (QED) is 0.860. The van der Waals surface area contributed by atoms with E-state index in [0.29, 0.717) is 19.4 Å². The Kier molecular flexibility index (Phi) is 5.83. The number of nitrogens with zero attached hydrogens (tertiary/aromatic N) is 3. The number of hydrogen-bond acceptors (Lipinski definition) is 4. The Morgan fingerprint density at radius 1 is 1.34 bits per heavy atom. The molecule has 7 heteroatoms. The smallest absolute Gasteiger partial charge is 0.408 e. The van der Waals surface area contributed by atoms with Crippen molar-refractivity contribution < 1.29 is 14.3 Å². The van der Waals surface area contributed by atoms with Gasteiger partial charge in [-0.15, -0.1) is 0 Å². The zero-order chi connectivity index (χ0) is 21.2. The zero-order valence-electron chi connectivity index (χ0n) is 17.4. The van der Waals surface area contributed by atoms with Crippen molar-refractivity contribution in [1.29, 1.82) is 5.26 Å². The van der Waals surface area contributed by atoms with E-state index in [1.807, 2.05) is 42.1 Å². The Labute approximate surface area is 171 Å². The highest BCUT2D eigenvalue weighted by Crippen LogP contribution is 2.24. The molecule has 29 heavy (non-hydrogen) atoms. The van der Waals surface area contributed by atoms with E-state index in [-0.39, 0.29) is 5.91 Å². The van der Waals surface area contributed by atoms with Crippen LogP contribution >= 0.6 is 0 Å². The summed E-state index contributed by atoms with van der Waals surface area (Å²) in [6.07, 6.45) is 3.12. The second-order valence-corrected chi connectivity index (χ2v) is 8.50. The second-order valence-electron chi connectivity index (χ2n) is 8.50. The molecule has 0 bridgehead atoms. The van der Waals surface area contributed by atoms with E-state index < -0.39 is 23.8 Å². The van der Waals surface area contributed by atoms with E-state index in [2.05, 4.69) is 11.4 Å². The minimum Gasteiger partial charge on any atom is -0.444 e. The molecule has 1 N–H and O–H groups in total. The molecule has 0 saturated carbocycles. The van der Waals surface area contributed by atoms with Gasteiger partial charge >= 0.3 is 6.09 Å². The normalized spacial score (nSPS) is 17.8. The van der Waals surface area contributed by atoms with Crippen LogP contribution in [0.1, 0.15) is 39.2 Å². The van der Waals surface area contributed by atoms with Crippen LogP contribution in [0.5, 0.6) is 0 Å². The fourth-order valence-corrected chi connectivity index (χ4v) is 3.82. The number of fused-ring (bicyclic) bond motifs is 1. The van der Waals surface area contributed by atoms with Gasteiger partial charge < -0.3 is 19.5 Å². The molecule has 1 saturated heterocycles. The average Bonchev–Trinajstić information content (AvgIpc) is 3.24. The highest BCUT2D eigenvalue weighted by Gasteiger charge is 2.35. The van der Waals surface area contributed by atoms with Gasteiger partial charge in [0.2, 0.25) is 5.91 Å². The van der Waals surface area contributed by atoms with Crippen molar-refractivity contribution in [2.75, 3.05) is 6.54 Å². The first kappa shape index (κ1) is 20.7. The molecular formula is C22H28N4O3. The number of para-hydroxylation sites is 1. The molecule has 2 unspecified atom stereocenters. The molecule has 1 aliphatic rings. The van der Waals surface area contributed by atoms with Crippen LogP contribution in [0.15, 0.2) is 30.5 Å². The molecule has 2 atom stereocenters. The monoisotopic (exact) mass is 396 g/mol. The molecule has 1 fully saturated rings. The number of hydrogen-bond donors (Lipinski definition) is 1. The first-order chi connectivity index (χ1) is 13.7. The van der Waals surface area contributed by atoms with Gasteiger partial charge in [-0.3, -0.25) is 4.79 Å². The number of carbonyl (C=O) groups is 2. The minimum atomic E-state index is -0.801. The maximum Gasteiger partial charge on any atom is 0.408 e. The number of carbonyl (C=O) groups excluding carboxylic acids is 2. The third-order valence-electron chi connectivity index (χ3n) is 5.08. The summed E-state index contributed by atoms with van der Waals surface area (Å²) >= 11 is 0. The van der Waals surface area contributed by atoms with E-state index in [0.717, 1.165) is 22.9 Å². The van der Waals surface area contributed by atoms with Crippen LogP contribution in [0.2, 0.25) is 0 Å². The summed E-state index contributed by atoms with van der Waals surface area (Å²) in [5.74, 6) is -0.243. The Morgan fingerprint density at radius 2 is 2.07 bits per heavy atom. The summed E-state index contributed by atoms with van der Waals surface area (Å²) in [6, 6.07) is 8.90. The molecule has 2 amide bonds. The van der Waals surface area contributed by atoms with E-state index >= 15 is 0 Å². The lowest BCUT2D eigenvalue weighted by molar-refractivity contribution is -0.133. The van der Waals surface area contributed by atoms with Crippen molar-refractivity contribution in [2.24, 2.45) is 7.05 Å². The van der Waals surface area contributed by atoms with Crippen LogP contribution in [0.25, 0.3) is 10.9 Å². The van der Waals surface area contributed by atoms with Crippen LogP contribution in [0.4, 0.5) is 4.79 Å². The van der Waals surface area contributed by atoms with Crippen molar-refractivity contribution in [2.45, 2.75) is 57.7 Å². The van der Waals surface area contributed by atoms with Gasteiger partial charge in [-0.1, -0.05) is 18.2 Å². The molecule has 1 aromatic carbocycles. The average molecular weight is 396 g/mol. The fraction of sp³-hybridized carbons (Fsp3) is 0.500. The van der Waals surface area contributed by atoms with Crippen LogP contribution < -0.4 is 5.32 Å². The summed E-state index contributed by atoms with van der Waals surface area (Å²) in [5, 5.41) is 13.2. The number of likely N-dealkylation sites (tertiary alicyclic amines) is 1. The Bertz CT molecular complexity index is 951. The van der Waals surface area contributed by atoms with E-state index in [1.54, 1.807) is 25.7 Å². The summed E-state index contributed by atoms with van der Waals surface area (Å²) in [5.41, 5.74) is 1.35. The van der Waals surface area contributed by atoms with Crippen molar-refractivity contribution in [3.63, 3.8) is 0 Å². The summed E-state index contributed by atoms with van der Waals surface area (Å²) in [6.45, 7) is 5.86. The summed E-state index contributed by atoms with van der Waals surface area (Å²) in [7, 11) is 1.95. The van der Waals surface area contributed by atoms with Gasteiger partial charge in [0, 0.05) is 37.1 Å². The third-order valence-corrected chi connectivity index (χ3v) is 5.08. The van der Waals surface area contributed by atoms with Crippen LogP contribution in [0, 0.1) is 11.3 Å². The predicted molar refractivity (Wildman–Crippen MR) is 110 cm³/mol. The molecule has 0 radical (unpaired) electrons. The maximum absolute atomic E-state index is 13.3. The van der Waals surface area contributed by atoms with Gasteiger partial charge in [0.1, 0.15) is 17.7 Å². The summed E-state index contributed by atoms with van der Waals surface area (Å²) < 4.78 is 7.38. The lowest BCUT2D eigenvalue weighted by atomic mass is 10.0. The van der Waals surface area contributed by atoms with Gasteiger partial charge in [0.15, 0.2) is 0 Å². The number of nitrogens with one attached hydrogen (secondary N) is 1. The number of amides is 2. The minimum absolute atomic E-state index is 0.243. The van der Waals surface area contributed by atoms with Gasteiger partial charge in [0.25, 0.3) is 0 Å². The largest absolute Gasteiger partial charge is 0.444 e. The van der Waals surface area contributed by atoms with E-state index in [9.17, 15) is 14.9 Å². The topological polar surface area (TPSA) is 87.4 Å². The van der Waals surface area contributed by atoms with Crippen LogP contribution in [-0.2, 0) is 23.0 Å². The number of benzene rings is 1. The van der Waals surface area contributed by atoms with Crippen molar-refractivity contribution in [1.82, 2.24) is 14.8 Å². The first-order valence-corrected chi connectivity index (χ1v) is 9.92. The molecule has 1 aliphatic heterocycles. The van der Waals surface area contributed by atoms with Crippen LogP contribution in [-0.4, -0.2) is 45.7 Å². The number of ether oxygens (including phenoxy) is 1. The molecule has 0 aliphatic carbocycles. The highest BCUT2D eigenvalue weighted by atomic mass is 16.6. The van der Waals surface area contributed by atoms with E-state index in [1.165, 1.54) is 0 Å². The molecule has 154 valence electrons. The van der Waals surface area contributed by atoms with Gasteiger partial charge in [-0.2, -0.15) is 5.26 Å². The fourth-order valence-electron chi connectivity index (χ4n) is 3.82. The third kappa shape index (κ3) is 4.70. The number of rotatable bonds is 4. The zero-order valence-corrected chi connectivity index (χ0v) is 17.4. The molecule has 2 heterocycles. The van der Waals surface area contributed by atoms with Crippen molar-refractivity contribution >= 4 is 22.9 Å². The lowest BCUT2D eigenvalue weighted by Gasteiger charge is -2.27. The number of nitriles is 1. The first-order valence-electron chi connectivity index (χ1n) is 9.92. The van der Waals surface area contributed by atoms with Crippen LogP contribution in [0.3, 0.4) is 0 Å². The number of alkyl carbamates (subject to hydrolysis) is 1. The standard InChI is InChI=1S/C22H28N4O3/c1-22(2,3)29-21(28)24-18(20(27)26-11-7-8-16(26)13-23)12-15-14-25(4)19-10-6-5-9-17(15)19/h5-6,9-10,14,16,18H,7-8,11-12H2,1-4H3,(H,24,28). The summed E-state index contributed by atoms with van der Waals surface area (Å²) in [4.78, 5) is 27.3. The molecular weight excluding hydrogens is 368 g/mol. The van der Waals surface area contributed by atoms with Gasteiger partial charge in [-0.05, 0) is 45.2 Å².